The molecule has 8 heavy (non-hydrogen) atoms. The van der Waals surface area contributed by atoms with Gasteiger partial charge in [0.15, 0.2) is 0 Å². The molecule has 0 fully saturated rings. The van der Waals surface area contributed by atoms with Crippen molar-refractivity contribution in [1.29, 1.82) is 0 Å². The van der Waals surface area contributed by atoms with Gasteiger partial charge in [-0.05, 0) is 19.9 Å². The molecular weight excluding hydrogens is 98.1 g/mol. The van der Waals surface area contributed by atoms with E-state index in [2.05, 4.69) is 11.6 Å². The van der Waals surface area contributed by atoms with Crippen LogP contribution < -0.4 is 0 Å². The fourth-order valence-electron chi connectivity index (χ4n) is 0.428. The Morgan fingerprint density at radius 3 is 2.62 bits per heavy atom. The molecule has 0 spiro atoms. The quantitative estimate of drug-likeness (QED) is 0.482. The number of aliphatic imine (C=N–C) groups is 1. The highest BCUT2D eigenvalue weighted by Gasteiger charge is 1.73. The Balaban J connectivity index is 3.79. The van der Waals surface area contributed by atoms with Gasteiger partial charge >= 0.3 is 0 Å². The molecule has 1 nitrogen and oxygen atoms in total. The van der Waals surface area contributed by atoms with E-state index >= 15 is 0 Å². The van der Waals surface area contributed by atoms with Crippen LogP contribution in [0.3, 0.4) is 0 Å². The van der Waals surface area contributed by atoms with E-state index in [1.807, 2.05) is 26.0 Å². The topological polar surface area (TPSA) is 12.4 Å². The molecule has 0 heterocycles. The summed E-state index contributed by atoms with van der Waals surface area (Å²) in [6, 6.07) is 0. The van der Waals surface area contributed by atoms with Gasteiger partial charge in [-0.1, -0.05) is 12.7 Å². The van der Waals surface area contributed by atoms with Gasteiger partial charge in [-0.25, -0.2) is 0 Å². The van der Waals surface area contributed by atoms with E-state index in [1.165, 1.54) is 6.20 Å². The minimum absolute atomic E-state index is 0.988. The van der Waals surface area contributed by atoms with Gasteiger partial charge in [0, 0.05) is 11.9 Å². The van der Waals surface area contributed by atoms with Gasteiger partial charge in [0.1, 0.15) is 0 Å². The molecule has 0 unspecified atom stereocenters. The fourth-order valence-corrected chi connectivity index (χ4v) is 0.428. The van der Waals surface area contributed by atoms with Crippen LogP contribution in [0, 0.1) is 0 Å². The van der Waals surface area contributed by atoms with Crippen LogP contribution in [-0.4, -0.2) is 5.71 Å². The highest BCUT2D eigenvalue weighted by molar-refractivity contribution is 5.92. The van der Waals surface area contributed by atoms with Gasteiger partial charge in [-0.3, -0.25) is 4.99 Å². The summed E-state index contributed by atoms with van der Waals surface area (Å²) in [6.07, 6.45) is 5.42. The van der Waals surface area contributed by atoms with Gasteiger partial charge in [-0.15, -0.1) is 0 Å². The Bertz CT molecular complexity index is 120. The molecule has 0 aromatic heterocycles. The maximum atomic E-state index is 3.91. The average molecular weight is 109 g/mol. The van der Waals surface area contributed by atoms with Crippen molar-refractivity contribution < 1.29 is 0 Å². The average Bonchev–Trinajstić information content (AvgIpc) is 1.68. The predicted octanol–water partition coefficient (Wildman–Crippen LogP) is 2.17. The molecule has 1 heteroatoms. The molecule has 0 radical (unpaired) electrons. The summed E-state index contributed by atoms with van der Waals surface area (Å²) < 4.78 is 0. The molecule has 0 aliphatic rings. The van der Waals surface area contributed by atoms with Crippen LogP contribution >= 0.6 is 0 Å². The minimum atomic E-state index is 0.988. The highest BCUT2D eigenvalue weighted by Crippen LogP contribution is 1.79. The minimum Gasteiger partial charge on any atom is -0.262 e. The molecular formula is C7H11N. The Morgan fingerprint density at radius 2 is 2.25 bits per heavy atom. The van der Waals surface area contributed by atoms with E-state index in [9.17, 15) is 0 Å². The molecule has 0 N–H and O–H groups in total. The Labute approximate surface area is 50.4 Å². The highest BCUT2D eigenvalue weighted by atomic mass is 14.7. The van der Waals surface area contributed by atoms with Crippen molar-refractivity contribution in [1.82, 2.24) is 0 Å². The number of allylic oxidation sites excluding steroid dienone is 2. The van der Waals surface area contributed by atoms with E-state index in [0.717, 1.165) is 5.71 Å². The third kappa shape index (κ3) is 3.34. The predicted molar refractivity (Wildman–Crippen MR) is 38.1 cm³/mol. The molecule has 0 amide bonds. The monoisotopic (exact) mass is 109 g/mol. The van der Waals surface area contributed by atoms with Gasteiger partial charge in [0.25, 0.3) is 0 Å². The Morgan fingerprint density at radius 1 is 1.62 bits per heavy atom. The number of hydrogen-bond donors (Lipinski definition) is 0. The molecule has 0 aromatic rings. The molecule has 0 atom stereocenters. The maximum absolute atomic E-state index is 3.91. The van der Waals surface area contributed by atoms with Gasteiger partial charge < -0.3 is 0 Å². The Kier molecular flexibility index (Phi) is 3.85. The maximum Gasteiger partial charge on any atom is 0.0369 e. The van der Waals surface area contributed by atoms with Crippen molar-refractivity contribution >= 4 is 5.71 Å². The zero-order valence-electron chi connectivity index (χ0n) is 5.39. The summed E-state index contributed by atoms with van der Waals surface area (Å²) in [7, 11) is 0. The first-order chi connectivity index (χ1) is 3.81. The van der Waals surface area contributed by atoms with E-state index in [-0.39, 0.29) is 0 Å². The number of hydrogen-bond acceptors (Lipinski definition) is 1. The molecule has 0 aromatic carbocycles. The van der Waals surface area contributed by atoms with Crippen molar-refractivity contribution in [2.75, 3.05) is 0 Å². The molecule has 0 aliphatic carbocycles. The van der Waals surface area contributed by atoms with Crippen LogP contribution in [0.1, 0.15) is 13.8 Å². The van der Waals surface area contributed by atoms with Gasteiger partial charge in [-0.2, -0.15) is 0 Å². The largest absolute Gasteiger partial charge is 0.262 e. The summed E-state index contributed by atoms with van der Waals surface area (Å²) in [6.45, 7) is 7.35. The first-order valence-electron chi connectivity index (χ1n) is 2.59. The summed E-state index contributed by atoms with van der Waals surface area (Å²) in [4.78, 5) is 3.91. The summed E-state index contributed by atoms with van der Waals surface area (Å²) in [5, 5.41) is 0. The summed E-state index contributed by atoms with van der Waals surface area (Å²) in [5.41, 5.74) is 0.988. The number of rotatable bonds is 2. The molecule has 0 saturated heterocycles. The summed E-state index contributed by atoms with van der Waals surface area (Å²) in [5.74, 6) is 0. The normalized spacial score (nSPS) is 12.5. The summed E-state index contributed by atoms with van der Waals surface area (Å²) >= 11 is 0. The van der Waals surface area contributed by atoms with E-state index < -0.39 is 0 Å². The van der Waals surface area contributed by atoms with Crippen molar-refractivity contribution in [3.63, 3.8) is 0 Å². The fraction of sp³-hybridized carbons (Fsp3) is 0.286. The van der Waals surface area contributed by atoms with Crippen molar-refractivity contribution in [2.45, 2.75) is 13.8 Å². The van der Waals surface area contributed by atoms with Crippen LogP contribution in [0.5, 0.6) is 0 Å². The van der Waals surface area contributed by atoms with Crippen LogP contribution in [0.4, 0.5) is 0 Å². The van der Waals surface area contributed by atoms with Crippen LogP contribution in [-0.2, 0) is 0 Å². The lowest BCUT2D eigenvalue weighted by Gasteiger charge is -1.82. The first-order valence-corrected chi connectivity index (χ1v) is 2.59. The number of nitrogens with zero attached hydrogens (tertiary/aromatic N) is 1. The van der Waals surface area contributed by atoms with E-state index in [4.69, 9.17) is 0 Å². The smallest absolute Gasteiger partial charge is 0.0369 e. The molecule has 0 bridgehead atoms. The van der Waals surface area contributed by atoms with Crippen LogP contribution in [0.15, 0.2) is 29.9 Å². The van der Waals surface area contributed by atoms with E-state index in [0.29, 0.717) is 0 Å². The van der Waals surface area contributed by atoms with Crippen LogP contribution in [0.2, 0.25) is 0 Å². The van der Waals surface area contributed by atoms with Gasteiger partial charge in [0.2, 0.25) is 0 Å². The molecule has 0 aliphatic heterocycles. The van der Waals surface area contributed by atoms with Crippen molar-refractivity contribution in [2.24, 2.45) is 4.99 Å². The van der Waals surface area contributed by atoms with Gasteiger partial charge in [0.05, 0.1) is 0 Å². The molecule has 0 rings (SSSR count). The zero-order valence-corrected chi connectivity index (χ0v) is 5.39. The van der Waals surface area contributed by atoms with Crippen LogP contribution in [0.25, 0.3) is 0 Å². The Hall–Kier alpha value is -0.850. The zero-order chi connectivity index (χ0) is 6.41. The lowest BCUT2D eigenvalue weighted by molar-refractivity contribution is 1.55. The van der Waals surface area contributed by atoms with Crippen molar-refractivity contribution in [3.8, 4) is 0 Å². The first kappa shape index (κ1) is 7.15. The molecule has 0 saturated carbocycles. The standard InChI is InChI=1S/C7H11N/c1-4-6-7(3)8-5-2/h4-6H,2H2,1,3H3/b6-4-,8-7+. The second kappa shape index (κ2) is 4.31. The third-order valence-corrected chi connectivity index (χ3v) is 0.703. The SMILES string of the molecule is C=C/N=C(C)/C=C\C. The van der Waals surface area contributed by atoms with Crippen molar-refractivity contribution in [3.05, 3.63) is 24.9 Å². The second-order valence-electron chi connectivity index (χ2n) is 1.45. The lowest BCUT2D eigenvalue weighted by atomic mass is 10.4. The lowest BCUT2D eigenvalue weighted by Crippen LogP contribution is -1.79. The van der Waals surface area contributed by atoms with E-state index in [1.54, 1.807) is 0 Å². The second-order valence-corrected chi connectivity index (χ2v) is 1.45. The molecule has 44 valence electrons. The third-order valence-electron chi connectivity index (χ3n) is 0.703.